The molecule has 6 nitrogen and oxygen atoms in total. The third kappa shape index (κ3) is 0.905. The SMILES string of the molecule is [2H]C([2H])([2H])N1C(=O)C2C(=NC=[N+]2C([2H])([2H])[2H])N(C([2H])([2H])[2H])C1=O. The molecule has 0 aromatic rings. The molecular weight excluding hydrogens is 184 g/mol. The van der Waals surface area contributed by atoms with Crippen molar-refractivity contribution < 1.29 is 26.5 Å². The predicted octanol–water partition coefficient (Wildman–Crippen LogP) is -1.04. The first-order chi connectivity index (χ1) is 10.2. The van der Waals surface area contributed by atoms with E-state index in [1.807, 2.05) is 0 Å². The number of carbonyl (C=O) groups excluding carboxylic acids is 2. The lowest BCUT2D eigenvalue weighted by Crippen LogP contribution is -2.61. The lowest BCUT2D eigenvalue weighted by atomic mass is 10.2. The van der Waals surface area contributed by atoms with E-state index in [-0.39, 0.29) is 9.80 Å². The maximum Gasteiger partial charge on any atom is 0.333 e. The van der Waals surface area contributed by atoms with Crippen LogP contribution in [-0.4, -0.2) is 65.5 Å². The van der Waals surface area contributed by atoms with Crippen LogP contribution >= 0.6 is 0 Å². The second-order valence-electron chi connectivity index (χ2n) is 2.70. The van der Waals surface area contributed by atoms with Crippen molar-refractivity contribution in [2.75, 3.05) is 20.9 Å². The van der Waals surface area contributed by atoms with Crippen LogP contribution in [-0.2, 0) is 4.79 Å². The van der Waals surface area contributed by atoms with Crippen molar-refractivity contribution in [1.29, 1.82) is 0 Å². The summed E-state index contributed by atoms with van der Waals surface area (Å²) < 4.78 is 66.3. The summed E-state index contributed by atoms with van der Waals surface area (Å²) in [5.74, 6) is -2.02. The quantitative estimate of drug-likeness (QED) is 0.473. The van der Waals surface area contributed by atoms with Crippen molar-refractivity contribution in [2.24, 2.45) is 4.99 Å². The lowest BCUT2D eigenvalue weighted by Gasteiger charge is -2.29. The molecule has 1 fully saturated rings. The van der Waals surface area contributed by atoms with Gasteiger partial charge in [-0.2, -0.15) is 0 Å². The molecule has 0 aromatic heterocycles. The first-order valence-electron chi connectivity index (χ1n) is 8.05. The van der Waals surface area contributed by atoms with E-state index in [2.05, 4.69) is 4.99 Å². The van der Waals surface area contributed by atoms with Crippen molar-refractivity contribution in [1.82, 2.24) is 9.80 Å². The van der Waals surface area contributed by atoms with Gasteiger partial charge in [0.05, 0.1) is 11.1 Å². The van der Waals surface area contributed by atoms with E-state index in [9.17, 15) is 9.59 Å². The zero-order valence-electron chi connectivity index (χ0n) is 15.8. The summed E-state index contributed by atoms with van der Waals surface area (Å²) >= 11 is 0. The molecule has 1 atom stereocenters. The Labute approximate surface area is 93.8 Å². The van der Waals surface area contributed by atoms with E-state index in [1.165, 1.54) is 0 Å². The summed E-state index contributed by atoms with van der Waals surface area (Å²) in [6, 6.07) is -3.44. The molecule has 74 valence electrons. The molecule has 0 radical (unpaired) electrons. The van der Waals surface area contributed by atoms with Gasteiger partial charge in [0.25, 0.3) is 24.1 Å². The number of rotatable bonds is 0. The van der Waals surface area contributed by atoms with E-state index in [0.29, 0.717) is 10.9 Å². The average molecular weight is 204 g/mol. The summed E-state index contributed by atoms with van der Waals surface area (Å²) in [5.41, 5.74) is 0. The van der Waals surface area contributed by atoms with Crippen LogP contribution in [0.3, 0.4) is 0 Å². The average Bonchev–Trinajstić information content (AvgIpc) is 2.68. The van der Waals surface area contributed by atoms with E-state index >= 15 is 0 Å². The smallest absolute Gasteiger partial charge is 0.269 e. The van der Waals surface area contributed by atoms with Gasteiger partial charge in [0, 0.05) is 22.2 Å². The fourth-order valence-electron chi connectivity index (χ4n) is 1.21. The molecule has 6 heteroatoms. The molecule has 1 unspecified atom stereocenters. The summed E-state index contributed by atoms with van der Waals surface area (Å²) in [5, 5.41) is 0. The van der Waals surface area contributed by atoms with Crippen LogP contribution in [0.5, 0.6) is 0 Å². The summed E-state index contributed by atoms with van der Waals surface area (Å²) in [7, 11) is 0. The second-order valence-corrected chi connectivity index (χ2v) is 2.70. The lowest BCUT2D eigenvalue weighted by molar-refractivity contribution is -0.500. The molecule has 1 saturated heterocycles. The summed E-state index contributed by atoms with van der Waals surface area (Å²) in [4.78, 5) is 27.9. The third-order valence-electron chi connectivity index (χ3n) is 1.90. The van der Waals surface area contributed by atoms with E-state index in [4.69, 9.17) is 12.3 Å². The topological polar surface area (TPSA) is 56.0 Å². The number of hydrogen-bond donors (Lipinski definition) is 0. The maximum absolute atomic E-state index is 12.3. The molecule has 14 heavy (non-hydrogen) atoms. The molecule has 0 spiro atoms. The Morgan fingerprint density at radius 3 is 2.93 bits per heavy atom. The van der Waals surface area contributed by atoms with E-state index < -0.39 is 44.7 Å². The molecular formula is C8H11N4O2+. The number of likely N-dealkylation sites (N-methyl/N-ethyl adjacent to an activating group) is 3. The molecule has 2 aliphatic rings. The minimum Gasteiger partial charge on any atom is -0.269 e. The van der Waals surface area contributed by atoms with Gasteiger partial charge in [-0.1, -0.05) is 0 Å². The van der Waals surface area contributed by atoms with Gasteiger partial charge in [0.15, 0.2) is 0 Å². The number of amidine groups is 1. The Morgan fingerprint density at radius 1 is 1.50 bits per heavy atom. The Morgan fingerprint density at radius 2 is 2.29 bits per heavy atom. The van der Waals surface area contributed by atoms with Crippen LogP contribution in [0.25, 0.3) is 0 Å². The number of amides is 3. The van der Waals surface area contributed by atoms with Crippen molar-refractivity contribution in [2.45, 2.75) is 6.04 Å². The van der Waals surface area contributed by atoms with Crippen LogP contribution in [0.1, 0.15) is 12.3 Å². The van der Waals surface area contributed by atoms with Crippen LogP contribution in [0.15, 0.2) is 4.99 Å². The van der Waals surface area contributed by atoms with E-state index in [1.54, 1.807) is 0 Å². The molecule has 3 amide bonds. The van der Waals surface area contributed by atoms with Gasteiger partial charge in [-0.3, -0.25) is 14.6 Å². The number of imide groups is 1. The van der Waals surface area contributed by atoms with Gasteiger partial charge >= 0.3 is 6.03 Å². The number of urea groups is 1. The minimum absolute atomic E-state index is 0.0493. The Hall–Kier alpha value is -1.72. The molecule has 0 N–H and O–H groups in total. The molecule has 0 saturated carbocycles. The van der Waals surface area contributed by atoms with Gasteiger partial charge in [-0.05, 0) is 4.99 Å². The second kappa shape index (κ2) is 2.63. The first-order valence-corrected chi connectivity index (χ1v) is 3.55. The van der Waals surface area contributed by atoms with Crippen molar-refractivity contribution in [3.05, 3.63) is 0 Å². The maximum atomic E-state index is 12.3. The molecule has 0 aliphatic carbocycles. The van der Waals surface area contributed by atoms with Gasteiger partial charge in [-0.15, -0.1) is 0 Å². The number of fused-ring (bicyclic) bond motifs is 1. The fourth-order valence-corrected chi connectivity index (χ4v) is 1.21. The highest BCUT2D eigenvalue weighted by molar-refractivity contribution is 6.21. The Kier molecular flexibility index (Phi) is 0.592. The molecule has 0 bridgehead atoms. The van der Waals surface area contributed by atoms with Crippen LogP contribution in [0, 0.1) is 0 Å². The predicted molar refractivity (Wildman–Crippen MR) is 49.4 cm³/mol. The number of carbonyl (C=O) groups is 2. The van der Waals surface area contributed by atoms with Gasteiger partial charge in [-0.25, -0.2) is 9.37 Å². The molecule has 2 rings (SSSR count). The standard InChI is InChI=1S/C8H11N4O2/c1-10-4-9-6-5(10)7(13)12(3)8(14)11(6)2/h4-5H,1-3H3/q+1/i1D3,2D3,3D3. The zero-order valence-corrected chi connectivity index (χ0v) is 6.76. The van der Waals surface area contributed by atoms with Crippen LogP contribution in [0.4, 0.5) is 4.79 Å². The Balaban J connectivity index is 2.61. The summed E-state index contributed by atoms with van der Waals surface area (Å²) in [6.07, 6.45) is 0.694. The monoisotopic (exact) mass is 204 g/mol. The number of nitrogens with zero attached hydrogens (tertiary/aromatic N) is 4. The number of aliphatic imine (C=N–C) groups is 1. The summed E-state index contributed by atoms with van der Waals surface area (Å²) in [6.45, 7) is -9.30. The van der Waals surface area contributed by atoms with Crippen LogP contribution < -0.4 is 0 Å². The normalized spacial score (nSPS) is 38.6. The zero-order chi connectivity index (χ0) is 18.0. The van der Waals surface area contributed by atoms with Crippen molar-refractivity contribution in [3.8, 4) is 0 Å². The van der Waals surface area contributed by atoms with Crippen LogP contribution in [0.2, 0.25) is 0 Å². The van der Waals surface area contributed by atoms with Crippen molar-refractivity contribution in [3.63, 3.8) is 0 Å². The minimum atomic E-state index is -3.27. The highest BCUT2D eigenvalue weighted by Crippen LogP contribution is 2.15. The van der Waals surface area contributed by atoms with Crippen molar-refractivity contribution >= 4 is 24.1 Å². The van der Waals surface area contributed by atoms with Gasteiger partial charge in [0.1, 0.15) is 0 Å². The Bertz CT molecular complexity index is 629. The van der Waals surface area contributed by atoms with E-state index in [0.717, 1.165) is 0 Å². The third-order valence-corrected chi connectivity index (χ3v) is 1.90. The fraction of sp³-hybridized carbons (Fsp3) is 0.500. The highest BCUT2D eigenvalue weighted by Gasteiger charge is 2.49. The molecule has 2 aliphatic heterocycles. The van der Waals surface area contributed by atoms with Gasteiger partial charge < -0.3 is 0 Å². The largest absolute Gasteiger partial charge is 0.333 e. The molecule has 0 aromatic carbocycles. The highest BCUT2D eigenvalue weighted by atomic mass is 16.2. The van der Waals surface area contributed by atoms with Gasteiger partial charge in [0.2, 0.25) is 0 Å². The first kappa shape index (κ1) is 3.15. The molecule has 2 heterocycles. The number of hydrogen-bond acceptors (Lipinski definition) is 3.